The average molecular weight is 1140 g/mol. The minimum absolute atomic E-state index is 0.0146. The number of aryl methyl sites for hydroxylation is 1. The molecule has 0 atom stereocenters. The summed E-state index contributed by atoms with van der Waals surface area (Å²) in [4.78, 5) is 19.4. The molecular formula is C76H90F2O2S2+2. The lowest BCUT2D eigenvalue weighted by Crippen LogP contribution is -2.49. The van der Waals surface area contributed by atoms with E-state index in [9.17, 15) is 13.6 Å². The number of benzene rings is 7. The number of hydrogen-bond acceptors (Lipinski definition) is 2. The van der Waals surface area contributed by atoms with Gasteiger partial charge < -0.3 is 4.74 Å². The SMILES string of the molecule is CC(F)(F)C(=O)OCC12CC3CC(CC(C3)C1)C2.Cc1c(C2CCCCC2)cc(C2CCCCC2)cc1C1CCCCC1.Cc1ccc([S+](c2ccccc2)c2ccccc2)cc1.c1ccc([S+](c2ccccc2)c2ccccc2)cc1. The molecular weight excluding hydrogens is 1050 g/mol. The van der Waals surface area contributed by atoms with Crippen molar-refractivity contribution in [3.8, 4) is 0 Å². The summed E-state index contributed by atoms with van der Waals surface area (Å²) in [5.74, 6) is 0.102. The number of alkyl halides is 2. The summed E-state index contributed by atoms with van der Waals surface area (Å²) in [7, 11) is -0.0375. The number of halogens is 2. The van der Waals surface area contributed by atoms with Gasteiger partial charge in [-0.05, 0) is 221 Å². The molecule has 0 heterocycles. The van der Waals surface area contributed by atoms with Crippen molar-refractivity contribution in [1.29, 1.82) is 0 Å². The van der Waals surface area contributed by atoms with Crippen LogP contribution in [0.2, 0.25) is 0 Å². The molecule has 0 saturated heterocycles. The fourth-order valence-electron chi connectivity index (χ4n) is 15.2. The Morgan fingerprint density at radius 3 is 1.07 bits per heavy atom. The number of ether oxygens (including phenoxy) is 1. The Morgan fingerprint density at radius 1 is 0.451 bits per heavy atom. The van der Waals surface area contributed by atoms with Crippen LogP contribution < -0.4 is 0 Å². The predicted octanol–water partition coefficient (Wildman–Crippen LogP) is 21.4. The van der Waals surface area contributed by atoms with Crippen LogP contribution in [0.25, 0.3) is 0 Å². The molecule has 6 heteroatoms. The second-order valence-electron chi connectivity index (χ2n) is 25.2. The number of esters is 1. The Kier molecular flexibility index (Phi) is 21.1. The molecule has 7 aliphatic carbocycles. The van der Waals surface area contributed by atoms with Crippen molar-refractivity contribution in [3.63, 3.8) is 0 Å². The summed E-state index contributed by atoms with van der Waals surface area (Å²) in [6.45, 7) is 5.42. The molecule has 14 rings (SSSR count). The van der Waals surface area contributed by atoms with Gasteiger partial charge in [-0.15, -0.1) is 0 Å². The van der Waals surface area contributed by atoms with Gasteiger partial charge in [0.1, 0.15) is 0 Å². The normalized spacial score (nSPS) is 21.8. The van der Waals surface area contributed by atoms with Crippen molar-refractivity contribution < 1.29 is 18.3 Å². The highest BCUT2D eigenvalue weighted by Gasteiger charge is 2.52. The molecule has 0 amide bonds. The van der Waals surface area contributed by atoms with E-state index in [0.29, 0.717) is 6.92 Å². The summed E-state index contributed by atoms with van der Waals surface area (Å²) >= 11 is 0. The lowest BCUT2D eigenvalue weighted by atomic mass is 9.50. The third-order valence-corrected chi connectivity index (χ3v) is 23.3. The maximum Gasteiger partial charge on any atom is 0.376 e. The number of hydrogen-bond donors (Lipinski definition) is 0. The van der Waals surface area contributed by atoms with E-state index < -0.39 is 11.9 Å². The molecule has 7 aromatic carbocycles. The van der Waals surface area contributed by atoms with Gasteiger partial charge in [0, 0.05) is 12.3 Å². The van der Waals surface area contributed by atoms with Crippen molar-refractivity contribution in [2.75, 3.05) is 6.61 Å². The minimum Gasteiger partial charge on any atom is -0.461 e. The molecule has 4 bridgehead atoms. The zero-order valence-corrected chi connectivity index (χ0v) is 50.9. The highest BCUT2D eigenvalue weighted by atomic mass is 32.2. The van der Waals surface area contributed by atoms with E-state index in [2.05, 4.69) is 202 Å². The van der Waals surface area contributed by atoms with Gasteiger partial charge in [-0.2, -0.15) is 8.78 Å². The molecule has 0 unspecified atom stereocenters. The fraction of sp³-hybridized carbons (Fsp3) is 0.434. The van der Waals surface area contributed by atoms with E-state index in [1.54, 1.807) is 22.3 Å². The Morgan fingerprint density at radius 2 is 0.756 bits per heavy atom. The molecule has 7 saturated carbocycles. The summed E-state index contributed by atoms with van der Waals surface area (Å²) in [5, 5.41) is 0. The predicted molar refractivity (Wildman–Crippen MR) is 339 cm³/mol. The fourth-order valence-corrected chi connectivity index (χ4v) is 19.4. The topological polar surface area (TPSA) is 26.3 Å². The molecule has 0 radical (unpaired) electrons. The molecule has 0 spiro atoms. The molecule has 0 N–H and O–H groups in total. The van der Waals surface area contributed by atoms with E-state index in [0.717, 1.165) is 54.8 Å². The standard InChI is InChI=1S/C25H38.C19H17S.C18H15S.C14H20F2O2/c1-19-24(21-13-7-3-8-14-21)17-23(20-11-5-2-6-12-20)18-25(19)22-15-9-4-10-16-22;1-16-12-14-19(15-13-16)20(17-8-4-2-5-9-17)18-10-6-3-7-11-18;1-4-10-16(11-5-1)19(17-12-6-2-7-13-17)18-14-8-3-9-15-18;1-13(15,16)12(17)18-8-14-5-9-2-10(6-14)4-11(3-9)7-14/h17-18,20-22H,2-16H2,1H3;2-15H,1H3;1-15H;9-11H,2-8H2,1H3/q;2*+1;. The smallest absolute Gasteiger partial charge is 0.376 e. The summed E-state index contributed by atoms with van der Waals surface area (Å²) in [5.41, 5.74) is 8.28. The lowest BCUT2D eigenvalue weighted by Gasteiger charge is -2.56. The minimum atomic E-state index is -3.36. The third kappa shape index (κ3) is 15.9. The summed E-state index contributed by atoms with van der Waals surface area (Å²) in [6.07, 6.45) is 28.9. The van der Waals surface area contributed by atoms with Gasteiger partial charge in [0.25, 0.3) is 0 Å². The van der Waals surface area contributed by atoms with Gasteiger partial charge in [0.15, 0.2) is 29.4 Å². The van der Waals surface area contributed by atoms with Gasteiger partial charge in [-0.1, -0.05) is 179 Å². The van der Waals surface area contributed by atoms with Gasteiger partial charge in [-0.3, -0.25) is 0 Å². The van der Waals surface area contributed by atoms with Gasteiger partial charge in [-0.25, -0.2) is 4.79 Å². The first-order chi connectivity index (χ1) is 40.0. The third-order valence-electron chi connectivity index (χ3n) is 18.9. The molecule has 0 aromatic heterocycles. The van der Waals surface area contributed by atoms with Crippen LogP contribution >= 0.6 is 0 Å². The van der Waals surface area contributed by atoms with Crippen LogP contribution in [0.4, 0.5) is 8.78 Å². The van der Waals surface area contributed by atoms with Crippen LogP contribution in [0.15, 0.2) is 217 Å². The first-order valence-corrected chi connectivity index (χ1v) is 33.9. The van der Waals surface area contributed by atoms with Crippen molar-refractivity contribution in [2.45, 2.75) is 209 Å². The summed E-state index contributed by atoms with van der Waals surface area (Å²) in [6, 6.07) is 67.9. The zero-order chi connectivity index (χ0) is 56.7. The second kappa shape index (κ2) is 28.9. The van der Waals surface area contributed by atoms with Crippen LogP contribution in [0.3, 0.4) is 0 Å². The van der Waals surface area contributed by atoms with E-state index >= 15 is 0 Å². The van der Waals surface area contributed by atoms with Crippen molar-refractivity contribution in [2.24, 2.45) is 23.2 Å². The van der Waals surface area contributed by atoms with Gasteiger partial charge in [0.05, 0.1) is 28.4 Å². The molecule has 7 aromatic rings. The lowest BCUT2D eigenvalue weighted by molar-refractivity contribution is -0.179. The molecule has 430 valence electrons. The van der Waals surface area contributed by atoms with E-state index in [-0.39, 0.29) is 33.8 Å². The Labute approximate surface area is 497 Å². The monoisotopic (exact) mass is 1140 g/mol. The number of carbonyl (C=O) groups excluding carboxylic acids is 1. The highest BCUT2D eigenvalue weighted by Crippen LogP contribution is 2.60. The van der Waals surface area contributed by atoms with E-state index in [4.69, 9.17) is 4.74 Å². The average Bonchev–Trinajstić information content (AvgIpc) is 3.13. The van der Waals surface area contributed by atoms with Crippen LogP contribution in [-0.2, 0) is 31.3 Å². The Balaban J connectivity index is 0.000000123. The van der Waals surface area contributed by atoms with Crippen LogP contribution in [0.1, 0.15) is 187 Å². The van der Waals surface area contributed by atoms with Crippen LogP contribution in [0.5, 0.6) is 0 Å². The van der Waals surface area contributed by atoms with E-state index in [1.807, 2.05) is 0 Å². The molecule has 2 nitrogen and oxygen atoms in total. The van der Waals surface area contributed by atoms with Crippen molar-refractivity contribution >= 4 is 27.8 Å². The first-order valence-electron chi connectivity index (χ1n) is 31.5. The number of carbonyl (C=O) groups is 1. The molecule has 82 heavy (non-hydrogen) atoms. The second-order valence-corrected chi connectivity index (χ2v) is 29.3. The quantitative estimate of drug-likeness (QED) is 0.0900. The maximum absolute atomic E-state index is 12.8. The van der Waals surface area contributed by atoms with Crippen LogP contribution in [-0.4, -0.2) is 18.5 Å². The largest absolute Gasteiger partial charge is 0.461 e. The van der Waals surface area contributed by atoms with E-state index in [1.165, 1.54) is 151 Å². The Bertz CT molecular complexity index is 2810. The van der Waals surface area contributed by atoms with Crippen molar-refractivity contribution in [3.05, 3.63) is 216 Å². The molecule has 7 fully saturated rings. The summed E-state index contributed by atoms with van der Waals surface area (Å²) < 4.78 is 30.5. The maximum atomic E-state index is 12.8. The Hall–Kier alpha value is -5.43. The molecule has 0 aliphatic heterocycles. The van der Waals surface area contributed by atoms with Gasteiger partial charge in [0.2, 0.25) is 0 Å². The number of rotatable bonds is 12. The highest BCUT2D eigenvalue weighted by molar-refractivity contribution is 7.97. The molecule has 7 aliphatic rings. The van der Waals surface area contributed by atoms with Crippen LogP contribution in [0, 0.1) is 37.0 Å². The first kappa shape index (κ1) is 59.7. The zero-order valence-electron chi connectivity index (χ0n) is 49.3. The van der Waals surface area contributed by atoms with Gasteiger partial charge >= 0.3 is 11.9 Å². The van der Waals surface area contributed by atoms with Crippen molar-refractivity contribution in [1.82, 2.24) is 0 Å².